The van der Waals surface area contributed by atoms with Gasteiger partial charge in [0.15, 0.2) is 5.76 Å². The number of halogens is 1. The summed E-state index contributed by atoms with van der Waals surface area (Å²) in [5.74, 6) is 0.0282. The van der Waals surface area contributed by atoms with E-state index in [1.165, 1.54) is 0 Å². The second-order valence-corrected chi connectivity index (χ2v) is 9.51. The van der Waals surface area contributed by atoms with Crippen molar-refractivity contribution in [3.8, 4) is 0 Å². The van der Waals surface area contributed by atoms with Gasteiger partial charge in [0.1, 0.15) is 11.9 Å². The third-order valence-corrected chi connectivity index (χ3v) is 7.27. The van der Waals surface area contributed by atoms with Crippen molar-refractivity contribution in [2.75, 3.05) is 31.5 Å². The van der Waals surface area contributed by atoms with Gasteiger partial charge in [0.2, 0.25) is 0 Å². The Bertz CT molecular complexity index is 1080. The second kappa shape index (κ2) is 8.41. The highest BCUT2D eigenvalue weighted by molar-refractivity contribution is 6.35. The molecule has 1 atom stereocenters. The molecule has 1 aromatic heterocycles. The number of furan rings is 1. The number of carbonyl (C=O) groups is 3. The van der Waals surface area contributed by atoms with Crippen molar-refractivity contribution in [1.29, 1.82) is 0 Å². The minimum absolute atomic E-state index is 0.0956. The molecule has 2 aliphatic heterocycles. The first-order valence-corrected chi connectivity index (χ1v) is 11.7. The number of fused-ring (bicyclic) bond motifs is 4. The molecular formula is C23H27ClN4O4. The molecule has 1 saturated carbocycles. The maximum absolute atomic E-state index is 12.8. The molecule has 32 heavy (non-hydrogen) atoms. The van der Waals surface area contributed by atoms with Crippen molar-refractivity contribution in [1.82, 2.24) is 15.5 Å². The van der Waals surface area contributed by atoms with Crippen LogP contribution in [-0.4, -0.2) is 49.3 Å². The van der Waals surface area contributed by atoms with E-state index in [0.29, 0.717) is 29.4 Å². The summed E-state index contributed by atoms with van der Waals surface area (Å²) in [6.07, 6.45) is 6.63. The fourth-order valence-electron chi connectivity index (χ4n) is 5.39. The Morgan fingerprint density at radius 1 is 1.31 bits per heavy atom. The number of likely N-dealkylation sites (tertiary alicyclic amines) is 1. The van der Waals surface area contributed by atoms with E-state index in [0.717, 1.165) is 68.9 Å². The number of nitrogens with one attached hydrogen (secondary N) is 3. The molecule has 2 fully saturated rings. The summed E-state index contributed by atoms with van der Waals surface area (Å²) < 4.78 is 6.08. The van der Waals surface area contributed by atoms with Crippen LogP contribution in [0.1, 0.15) is 54.6 Å². The summed E-state index contributed by atoms with van der Waals surface area (Å²) in [6, 6.07) is 3.19. The van der Waals surface area contributed by atoms with Gasteiger partial charge in [-0.3, -0.25) is 4.79 Å². The Hall–Kier alpha value is -2.58. The largest absolute Gasteiger partial charge is 0.450 e. The van der Waals surface area contributed by atoms with E-state index in [1.54, 1.807) is 12.1 Å². The molecular weight excluding hydrogens is 432 g/mol. The number of benzene rings is 1. The van der Waals surface area contributed by atoms with Gasteiger partial charge in [-0.25, -0.2) is 4.79 Å². The van der Waals surface area contributed by atoms with Gasteiger partial charge in [-0.15, -0.1) is 0 Å². The lowest BCUT2D eigenvalue weighted by Gasteiger charge is -2.42. The first-order valence-electron chi connectivity index (χ1n) is 11.3. The van der Waals surface area contributed by atoms with Crippen molar-refractivity contribution in [3.05, 3.63) is 28.5 Å². The van der Waals surface area contributed by atoms with Crippen molar-refractivity contribution in [2.45, 2.75) is 44.1 Å². The molecule has 3 amide bonds. The monoisotopic (exact) mass is 458 g/mol. The lowest BCUT2D eigenvalue weighted by atomic mass is 9.74. The van der Waals surface area contributed by atoms with Crippen LogP contribution in [0.25, 0.3) is 11.0 Å². The normalized spacial score (nSPS) is 22.4. The second-order valence-electron chi connectivity index (χ2n) is 9.10. The van der Waals surface area contributed by atoms with Crippen molar-refractivity contribution < 1.29 is 18.8 Å². The van der Waals surface area contributed by atoms with Gasteiger partial charge in [0, 0.05) is 36.5 Å². The van der Waals surface area contributed by atoms with Crippen LogP contribution in [0.5, 0.6) is 0 Å². The summed E-state index contributed by atoms with van der Waals surface area (Å²) >= 11 is 6.54. The van der Waals surface area contributed by atoms with Gasteiger partial charge >= 0.3 is 6.03 Å². The maximum atomic E-state index is 12.8. The Kier molecular flexibility index (Phi) is 5.59. The first-order chi connectivity index (χ1) is 15.5. The van der Waals surface area contributed by atoms with Crippen molar-refractivity contribution in [3.63, 3.8) is 0 Å². The van der Waals surface area contributed by atoms with E-state index >= 15 is 0 Å². The molecule has 1 aromatic carbocycles. The predicted octanol–water partition coefficient (Wildman–Crippen LogP) is 3.63. The van der Waals surface area contributed by atoms with Gasteiger partial charge < -0.3 is 30.1 Å². The van der Waals surface area contributed by atoms with Gasteiger partial charge in [-0.1, -0.05) is 30.9 Å². The molecule has 1 saturated heterocycles. The topological polar surface area (TPSA) is 104 Å². The minimum atomic E-state index is -0.532. The van der Waals surface area contributed by atoms with Crippen LogP contribution in [0.2, 0.25) is 5.02 Å². The number of aldehydes is 1. The van der Waals surface area contributed by atoms with Crippen LogP contribution in [0.3, 0.4) is 0 Å². The first kappa shape index (κ1) is 21.3. The molecule has 170 valence electrons. The summed E-state index contributed by atoms with van der Waals surface area (Å²) in [6.45, 7) is 2.78. The summed E-state index contributed by atoms with van der Waals surface area (Å²) in [4.78, 5) is 38.2. The average molecular weight is 459 g/mol. The van der Waals surface area contributed by atoms with Crippen LogP contribution >= 0.6 is 11.6 Å². The molecule has 1 unspecified atom stereocenters. The highest BCUT2D eigenvalue weighted by Gasteiger charge is 2.43. The van der Waals surface area contributed by atoms with E-state index in [9.17, 15) is 14.4 Å². The number of urea groups is 1. The quantitative estimate of drug-likeness (QED) is 0.593. The Morgan fingerprint density at radius 2 is 2.12 bits per heavy atom. The van der Waals surface area contributed by atoms with Gasteiger partial charge in [0.05, 0.1) is 16.2 Å². The maximum Gasteiger partial charge on any atom is 0.319 e. The molecule has 2 aromatic rings. The zero-order chi connectivity index (χ0) is 22.3. The standard InChI is InChI=1S/C23H27ClN4O4/c24-16-10-15-11-17(21(30)25-7-9-28-8-4-14(12-28)13-29)32-20(15)18-19(16)26-22(31)27-23(18)5-2-1-3-6-23/h10-11,13-14H,1-9,12H2,(H,25,30)(H2,26,27,31). The van der Waals surface area contributed by atoms with Crippen molar-refractivity contribution in [2.24, 2.45) is 5.92 Å². The summed E-state index contributed by atoms with van der Waals surface area (Å²) in [5.41, 5.74) is 1.48. The van der Waals surface area contributed by atoms with Crippen LogP contribution in [0.15, 0.2) is 16.5 Å². The molecule has 1 spiro atoms. The molecule has 9 heteroatoms. The van der Waals surface area contributed by atoms with Crippen LogP contribution in [0, 0.1) is 5.92 Å². The Balaban J connectivity index is 1.39. The average Bonchev–Trinajstić information content (AvgIpc) is 3.41. The summed E-state index contributed by atoms with van der Waals surface area (Å²) in [5, 5.41) is 10.1. The number of anilines is 1. The molecule has 5 rings (SSSR count). The van der Waals surface area contributed by atoms with E-state index in [2.05, 4.69) is 20.9 Å². The SMILES string of the molecule is O=CC1CCN(CCNC(=O)c2cc3cc(Cl)c4c(c3o2)C2(CCCCC2)NC(=O)N4)C1. The number of rotatable bonds is 5. The van der Waals surface area contributed by atoms with E-state index < -0.39 is 5.54 Å². The van der Waals surface area contributed by atoms with Gasteiger partial charge in [-0.05, 0) is 37.9 Å². The third-order valence-electron chi connectivity index (χ3n) is 6.97. The number of nitrogens with zero attached hydrogens (tertiary/aromatic N) is 1. The highest BCUT2D eigenvalue weighted by Crippen LogP contribution is 2.48. The third kappa shape index (κ3) is 3.75. The predicted molar refractivity (Wildman–Crippen MR) is 121 cm³/mol. The Morgan fingerprint density at radius 3 is 2.88 bits per heavy atom. The molecule has 3 N–H and O–H groups in total. The zero-order valence-corrected chi connectivity index (χ0v) is 18.6. The minimum Gasteiger partial charge on any atom is -0.450 e. The van der Waals surface area contributed by atoms with Gasteiger partial charge in [-0.2, -0.15) is 0 Å². The highest BCUT2D eigenvalue weighted by atomic mass is 35.5. The van der Waals surface area contributed by atoms with Crippen LogP contribution in [-0.2, 0) is 10.3 Å². The molecule has 0 bridgehead atoms. The molecule has 3 heterocycles. The smallest absolute Gasteiger partial charge is 0.319 e. The van der Waals surface area contributed by atoms with E-state index in [1.807, 2.05) is 0 Å². The fourth-order valence-corrected chi connectivity index (χ4v) is 5.65. The molecule has 0 radical (unpaired) electrons. The lowest BCUT2D eigenvalue weighted by molar-refractivity contribution is -0.110. The number of hydrogen-bond acceptors (Lipinski definition) is 5. The summed E-state index contributed by atoms with van der Waals surface area (Å²) in [7, 11) is 0. The fraction of sp³-hybridized carbons (Fsp3) is 0.522. The number of carbonyl (C=O) groups excluding carboxylic acids is 3. The number of hydrogen-bond donors (Lipinski definition) is 3. The Labute approximate surface area is 191 Å². The molecule has 8 nitrogen and oxygen atoms in total. The van der Waals surface area contributed by atoms with Crippen LogP contribution in [0.4, 0.5) is 10.5 Å². The number of amides is 3. The molecule has 3 aliphatic rings. The molecule has 1 aliphatic carbocycles. The van der Waals surface area contributed by atoms with E-state index in [4.69, 9.17) is 16.0 Å². The van der Waals surface area contributed by atoms with Crippen LogP contribution < -0.4 is 16.0 Å². The zero-order valence-electron chi connectivity index (χ0n) is 17.8. The van der Waals surface area contributed by atoms with Gasteiger partial charge in [0.25, 0.3) is 5.91 Å². The van der Waals surface area contributed by atoms with Crippen molar-refractivity contribution >= 4 is 46.5 Å². The van der Waals surface area contributed by atoms with E-state index in [-0.39, 0.29) is 23.6 Å². The lowest BCUT2D eigenvalue weighted by Crippen LogP contribution is -2.52.